The number of carbonyl (C=O) groups is 1. The minimum Gasteiger partial charge on any atom is -0.497 e. The molecule has 28 heavy (non-hydrogen) atoms. The molecule has 0 aliphatic carbocycles. The molecule has 1 N–H and O–H groups in total. The molecule has 0 radical (unpaired) electrons. The Bertz CT molecular complexity index is 1200. The van der Waals surface area contributed by atoms with Crippen LogP contribution in [0.3, 0.4) is 0 Å². The Morgan fingerprint density at radius 3 is 2.86 bits per heavy atom. The van der Waals surface area contributed by atoms with E-state index < -0.39 is 0 Å². The number of fused-ring (bicyclic) bond motifs is 1. The predicted octanol–water partition coefficient (Wildman–Crippen LogP) is 3.39. The number of amides is 1. The summed E-state index contributed by atoms with van der Waals surface area (Å²) in [5, 5.41) is 5.29. The van der Waals surface area contributed by atoms with Crippen LogP contribution in [0.15, 0.2) is 71.1 Å². The van der Waals surface area contributed by atoms with Gasteiger partial charge in [-0.05, 0) is 41.8 Å². The van der Waals surface area contributed by atoms with Gasteiger partial charge in [0.05, 0.1) is 30.2 Å². The normalized spacial score (nSPS) is 10.8. The number of rotatable bonds is 5. The van der Waals surface area contributed by atoms with Crippen molar-refractivity contribution in [3.8, 4) is 11.4 Å². The summed E-state index contributed by atoms with van der Waals surface area (Å²) in [5.74, 6) is 0.455. The molecule has 0 atom stereocenters. The quantitative estimate of drug-likeness (QED) is 0.566. The largest absolute Gasteiger partial charge is 0.497 e. The molecule has 0 saturated carbocycles. The highest BCUT2D eigenvalue weighted by Crippen LogP contribution is 2.17. The van der Waals surface area contributed by atoms with Crippen LogP contribution < -0.4 is 15.6 Å². The Morgan fingerprint density at radius 1 is 1.18 bits per heavy atom. The number of methoxy groups -OCH3 is 1. The summed E-state index contributed by atoms with van der Waals surface area (Å²) < 4.78 is 6.68. The minimum atomic E-state index is -0.205. The Labute approximate surface area is 165 Å². The fourth-order valence-electron chi connectivity index (χ4n) is 2.89. The molecular weight excluding hydrogens is 374 g/mol. The van der Waals surface area contributed by atoms with E-state index in [4.69, 9.17) is 4.74 Å². The van der Waals surface area contributed by atoms with Crippen LogP contribution in [0.2, 0.25) is 0 Å². The van der Waals surface area contributed by atoms with Gasteiger partial charge >= 0.3 is 0 Å². The second kappa shape index (κ2) is 7.66. The van der Waals surface area contributed by atoms with Crippen molar-refractivity contribution in [3.05, 3.63) is 87.1 Å². The van der Waals surface area contributed by atoms with Crippen molar-refractivity contribution in [2.75, 3.05) is 7.11 Å². The van der Waals surface area contributed by atoms with Gasteiger partial charge in [0.25, 0.3) is 11.5 Å². The highest BCUT2D eigenvalue weighted by atomic mass is 32.1. The van der Waals surface area contributed by atoms with E-state index >= 15 is 0 Å². The second-order valence-corrected chi connectivity index (χ2v) is 7.15. The molecule has 0 bridgehead atoms. The smallest absolute Gasteiger partial charge is 0.265 e. The summed E-state index contributed by atoms with van der Waals surface area (Å²) in [5.41, 5.74) is 1.41. The molecule has 6 nitrogen and oxygen atoms in total. The molecule has 0 fully saturated rings. The summed E-state index contributed by atoms with van der Waals surface area (Å²) in [6.07, 6.45) is 1.47. The maximum atomic E-state index is 12.9. The van der Waals surface area contributed by atoms with Gasteiger partial charge in [0.2, 0.25) is 0 Å². The molecule has 0 saturated heterocycles. The summed E-state index contributed by atoms with van der Waals surface area (Å²) in [6, 6.07) is 16.0. The number of ether oxygens (including phenoxy) is 1. The molecule has 0 aliphatic heterocycles. The molecule has 140 valence electrons. The van der Waals surface area contributed by atoms with Crippen molar-refractivity contribution < 1.29 is 9.53 Å². The lowest BCUT2D eigenvalue weighted by atomic mass is 10.1. The summed E-state index contributed by atoms with van der Waals surface area (Å²) in [4.78, 5) is 30.7. The van der Waals surface area contributed by atoms with E-state index in [0.717, 1.165) is 4.88 Å². The van der Waals surface area contributed by atoms with Gasteiger partial charge in [-0.2, -0.15) is 0 Å². The molecule has 4 aromatic rings. The molecule has 0 unspecified atom stereocenters. The number of hydrogen-bond donors (Lipinski definition) is 1. The highest BCUT2D eigenvalue weighted by molar-refractivity contribution is 7.09. The fourth-order valence-corrected chi connectivity index (χ4v) is 3.53. The lowest BCUT2D eigenvalue weighted by molar-refractivity contribution is 0.0951. The van der Waals surface area contributed by atoms with Gasteiger partial charge in [-0.15, -0.1) is 11.3 Å². The average molecular weight is 391 g/mol. The van der Waals surface area contributed by atoms with Gasteiger partial charge in [-0.1, -0.05) is 12.1 Å². The third kappa shape index (κ3) is 3.52. The van der Waals surface area contributed by atoms with Crippen LogP contribution in [0.4, 0.5) is 0 Å². The van der Waals surface area contributed by atoms with Gasteiger partial charge in [0, 0.05) is 16.5 Å². The van der Waals surface area contributed by atoms with E-state index in [1.54, 1.807) is 42.7 Å². The standard InChI is InChI=1S/C21H17N3O3S/c1-27-16-5-2-4-15(11-16)24-13-23-19-10-14(7-8-18(19)21(24)26)20(25)22-12-17-6-3-9-28-17/h2-11,13H,12H2,1H3,(H,22,25). The van der Waals surface area contributed by atoms with Gasteiger partial charge in [0.1, 0.15) is 12.1 Å². The van der Waals surface area contributed by atoms with E-state index in [9.17, 15) is 9.59 Å². The first-order valence-corrected chi connectivity index (χ1v) is 9.50. The van der Waals surface area contributed by atoms with Crippen LogP contribution in [-0.2, 0) is 6.54 Å². The molecule has 2 aromatic heterocycles. The van der Waals surface area contributed by atoms with Crippen LogP contribution in [0.5, 0.6) is 5.75 Å². The number of nitrogens with zero attached hydrogens (tertiary/aromatic N) is 2. The third-order valence-corrected chi connectivity index (χ3v) is 5.23. The Morgan fingerprint density at radius 2 is 2.07 bits per heavy atom. The third-order valence-electron chi connectivity index (χ3n) is 4.36. The SMILES string of the molecule is COc1cccc(-n2cnc3cc(C(=O)NCc4cccs4)ccc3c2=O)c1. The molecule has 4 rings (SSSR count). The first-order chi connectivity index (χ1) is 13.7. The van der Waals surface area contributed by atoms with E-state index in [1.807, 2.05) is 35.7 Å². The van der Waals surface area contributed by atoms with E-state index in [-0.39, 0.29) is 11.5 Å². The van der Waals surface area contributed by atoms with E-state index in [1.165, 1.54) is 10.9 Å². The van der Waals surface area contributed by atoms with Gasteiger partial charge in [0.15, 0.2) is 0 Å². The second-order valence-electron chi connectivity index (χ2n) is 6.12. The van der Waals surface area contributed by atoms with Crippen LogP contribution in [0.1, 0.15) is 15.2 Å². The van der Waals surface area contributed by atoms with Gasteiger partial charge in [-0.3, -0.25) is 14.2 Å². The number of benzene rings is 2. The zero-order chi connectivity index (χ0) is 19.5. The van der Waals surface area contributed by atoms with Crippen LogP contribution >= 0.6 is 11.3 Å². The molecule has 0 aliphatic rings. The number of hydrogen-bond acceptors (Lipinski definition) is 5. The maximum Gasteiger partial charge on any atom is 0.265 e. The molecular formula is C21H17N3O3S. The van der Waals surface area contributed by atoms with Crippen molar-refractivity contribution in [2.24, 2.45) is 0 Å². The first-order valence-electron chi connectivity index (χ1n) is 8.62. The minimum absolute atomic E-state index is 0.200. The first kappa shape index (κ1) is 17.9. The van der Waals surface area contributed by atoms with Crippen molar-refractivity contribution in [1.29, 1.82) is 0 Å². The van der Waals surface area contributed by atoms with E-state index in [0.29, 0.717) is 34.4 Å². The molecule has 7 heteroatoms. The van der Waals surface area contributed by atoms with Gasteiger partial charge < -0.3 is 10.1 Å². The monoisotopic (exact) mass is 391 g/mol. The number of thiophene rings is 1. The summed E-state index contributed by atoms with van der Waals surface area (Å²) in [6.45, 7) is 0.472. The average Bonchev–Trinajstić information content (AvgIpc) is 3.25. The lowest BCUT2D eigenvalue weighted by Crippen LogP contribution is -2.23. The van der Waals surface area contributed by atoms with Crippen molar-refractivity contribution in [1.82, 2.24) is 14.9 Å². The number of aromatic nitrogens is 2. The molecule has 2 heterocycles. The Balaban J connectivity index is 1.64. The highest BCUT2D eigenvalue weighted by Gasteiger charge is 2.11. The molecule has 2 aromatic carbocycles. The van der Waals surface area contributed by atoms with Gasteiger partial charge in [-0.25, -0.2) is 4.98 Å². The van der Waals surface area contributed by atoms with Crippen LogP contribution in [-0.4, -0.2) is 22.6 Å². The summed E-state index contributed by atoms with van der Waals surface area (Å²) in [7, 11) is 1.57. The maximum absolute atomic E-state index is 12.9. The predicted molar refractivity (Wildman–Crippen MR) is 109 cm³/mol. The van der Waals surface area contributed by atoms with E-state index in [2.05, 4.69) is 10.3 Å². The van der Waals surface area contributed by atoms with Crippen molar-refractivity contribution >= 4 is 28.1 Å². The zero-order valence-electron chi connectivity index (χ0n) is 15.1. The molecule has 1 amide bonds. The van der Waals surface area contributed by atoms with Crippen molar-refractivity contribution in [2.45, 2.75) is 6.54 Å². The Hall–Kier alpha value is -3.45. The van der Waals surface area contributed by atoms with Crippen LogP contribution in [0, 0.1) is 0 Å². The molecule has 0 spiro atoms. The number of nitrogens with one attached hydrogen (secondary N) is 1. The van der Waals surface area contributed by atoms with Crippen LogP contribution in [0.25, 0.3) is 16.6 Å². The number of carbonyl (C=O) groups excluding carboxylic acids is 1. The zero-order valence-corrected chi connectivity index (χ0v) is 15.9. The topological polar surface area (TPSA) is 73.2 Å². The fraction of sp³-hybridized carbons (Fsp3) is 0.0952. The summed E-state index contributed by atoms with van der Waals surface area (Å²) >= 11 is 1.59. The lowest BCUT2D eigenvalue weighted by Gasteiger charge is -2.09. The Kier molecular flexibility index (Phi) is 4.90. The van der Waals surface area contributed by atoms with Crippen molar-refractivity contribution in [3.63, 3.8) is 0 Å².